The second-order valence-corrected chi connectivity index (χ2v) is 3.53. The summed E-state index contributed by atoms with van der Waals surface area (Å²) in [6.07, 6.45) is -0.0956. The van der Waals surface area contributed by atoms with Gasteiger partial charge in [-0.1, -0.05) is 6.07 Å². The molecule has 1 N–H and O–H groups in total. The van der Waals surface area contributed by atoms with Crippen LogP contribution in [0, 0.1) is 4.91 Å². The van der Waals surface area contributed by atoms with Gasteiger partial charge in [-0.3, -0.25) is 5.01 Å². The Morgan fingerprint density at radius 1 is 1.50 bits per heavy atom. The van der Waals surface area contributed by atoms with Gasteiger partial charge in [-0.05, 0) is 18.2 Å². The molecule has 6 nitrogen and oxygen atoms in total. The SMILES string of the molecule is O=NN1CC(Oc2cccc(C(=O)O)c2)C1. The molecule has 0 amide bonds. The van der Waals surface area contributed by atoms with Crippen LogP contribution in [0.1, 0.15) is 10.4 Å². The maximum Gasteiger partial charge on any atom is 0.335 e. The maximum absolute atomic E-state index is 10.7. The number of carboxylic acids is 1. The van der Waals surface area contributed by atoms with Gasteiger partial charge in [-0.15, -0.1) is 4.91 Å². The van der Waals surface area contributed by atoms with Gasteiger partial charge in [0.2, 0.25) is 0 Å². The molecule has 1 aromatic carbocycles. The predicted molar refractivity (Wildman–Crippen MR) is 55.2 cm³/mol. The lowest BCUT2D eigenvalue weighted by Gasteiger charge is -2.34. The molecule has 84 valence electrons. The molecule has 6 heteroatoms. The Hall–Kier alpha value is -2.11. The van der Waals surface area contributed by atoms with Crippen LogP contribution in [0.3, 0.4) is 0 Å². The highest BCUT2D eigenvalue weighted by Gasteiger charge is 2.28. The Morgan fingerprint density at radius 3 is 2.88 bits per heavy atom. The van der Waals surface area contributed by atoms with Crippen molar-refractivity contribution >= 4 is 5.97 Å². The van der Waals surface area contributed by atoms with Crippen molar-refractivity contribution in [3.63, 3.8) is 0 Å². The van der Waals surface area contributed by atoms with E-state index in [2.05, 4.69) is 5.29 Å². The van der Waals surface area contributed by atoms with Crippen LogP contribution in [0.15, 0.2) is 29.6 Å². The fourth-order valence-electron chi connectivity index (χ4n) is 1.45. The number of hydrogen-bond acceptors (Lipinski definition) is 4. The number of carboxylic acid groups (broad SMARTS) is 1. The number of hydrogen-bond donors (Lipinski definition) is 1. The summed E-state index contributed by atoms with van der Waals surface area (Å²) in [6, 6.07) is 6.26. The van der Waals surface area contributed by atoms with Crippen molar-refractivity contribution in [3.8, 4) is 5.75 Å². The fraction of sp³-hybridized carbons (Fsp3) is 0.300. The molecule has 0 radical (unpaired) electrons. The van der Waals surface area contributed by atoms with Crippen molar-refractivity contribution in [2.45, 2.75) is 6.10 Å². The van der Waals surface area contributed by atoms with E-state index in [-0.39, 0.29) is 11.7 Å². The Morgan fingerprint density at radius 2 is 2.25 bits per heavy atom. The minimum Gasteiger partial charge on any atom is -0.487 e. The molecule has 1 fully saturated rings. The van der Waals surface area contributed by atoms with Gasteiger partial charge in [0.05, 0.1) is 23.9 Å². The molecular weight excluding hydrogens is 212 g/mol. The molecule has 0 saturated carbocycles. The zero-order valence-electron chi connectivity index (χ0n) is 8.37. The summed E-state index contributed by atoms with van der Waals surface area (Å²) < 4.78 is 5.47. The van der Waals surface area contributed by atoms with Gasteiger partial charge < -0.3 is 9.84 Å². The Balaban J connectivity index is 1.97. The van der Waals surface area contributed by atoms with Crippen molar-refractivity contribution < 1.29 is 14.6 Å². The highest BCUT2D eigenvalue weighted by molar-refractivity contribution is 5.87. The second kappa shape index (κ2) is 4.18. The highest BCUT2D eigenvalue weighted by atomic mass is 16.5. The van der Waals surface area contributed by atoms with Gasteiger partial charge in [0.1, 0.15) is 11.9 Å². The molecule has 1 heterocycles. The highest BCUT2D eigenvalue weighted by Crippen LogP contribution is 2.19. The van der Waals surface area contributed by atoms with Crippen molar-refractivity contribution in [2.24, 2.45) is 5.29 Å². The van der Waals surface area contributed by atoms with Crippen LogP contribution in [0.2, 0.25) is 0 Å². The number of rotatable bonds is 4. The Labute approximate surface area is 91.4 Å². The number of ether oxygens (including phenoxy) is 1. The van der Waals surface area contributed by atoms with E-state index in [9.17, 15) is 9.70 Å². The molecular formula is C10H10N2O4. The van der Waals surface area contributed by atoms with E-state index in [0.29, 0.717) is 18.8 Å². The third-order valence-electron chi connectivity index (χ3n) is 2.33. The maximum atomic E-state index is 10.7. The van der Waals surface area contributed by atoms with Gasteiger partial charge in [0.25, 0.3) is 0 Å². The summed E-state index contributed by atoms with van der Waals surface area (Å²) in [4.78, 5) is 20.8. The molecule has 16 heavy (non-hydrogen) atoms. The average molecular weight is 222 g/mol. The largest absolute Gasteiger partial charge is 0.487 e. The van der Waals surface area contributed by atoms with Gasteiger partial charge >= 0.3 is 5.97 Å². The van der Waals surface area contributed by atoms with Gasteiger partial charge in [-0.25, -0.2) is 4.79 Å². The minimum atomic E-state index is -0.991. The molecule has 0 aliphatic carbocycles. The summed E-state index contributed by atoms with van der Waals surface area (Å²) in [6.45, 7) is 0.890. The zero-order chi connectivity index (χ0) is 11.5. The first-order valence-electron chi connectivity index (χ1n) is 4.77. The molecule has 1 aliphatic heterocycles. The van der Waals surface area contributed by atoms with Crippen LogP contribution >= 0.6 is 0 Å². The van der Waals surface area contributed by atoms with Crippen LogP contribution in [0.25, 0.3) is 0 Å². The Bertz CT molecular complexity index is 415. The summed E-state index contributed by atoms with van der Waals surface area (Å²) >= 11 is 0. The normalized spacial score (nSPS) is 15.4. The van der Waals surface area contributed by atoms with Crippen molar-refractivity contribution in [3.05, 3.63) is 34.7 Å². The lowest BCUT2D eigenvalue weighted by Crippen LogP contribution is -2.50. The van der Waals surface area contributed by atoms with Crippen LogP contribution < -0.4 is 4.74 Å². The van der Waals surface area contributed by atoms with Crippen molar-refractivity contribution in [1.29, 1.82) is 0 Å². The number of benzene rings is 1. The monoisotopic (exact) mass is 222 g/mol. The fourth-order valence-corrected chi connectivity index (χ4v) is 1.45. The van der Waals surface area contributed by atoms with E-state index < -0.39 is 5.97 Å². The van der Waals surface area contributed by atoms with E-state index in [1.165, 1.54) is 17.1 Å². The van der Waals surface area contributed by atoms with Crippen LogP contribution in [0.5, 0.6) is 5.75 Å². The summed E-state index contributed by atoms with van der Waals surface area (Å²) in [5, 5.41) is 12.9. The molecule has 1 saturated heterocycles. The topological polar surface area (TPSA) is 79.2 Å². The number of nitrogens with zero attached hydrogens (tertiary/aromatic N) is 2. The van der Waals surface area contributed by atoms with Gasteiger partial charge in [0, 0.05) is 0 Å². The van der Waals surface area contributed by atoms with Crippen molar-refractivity contribution in [1.82, 2.24) is 5.01 Å². The van der Waals surface area contributed by atoms with Gasteiger partial charge in [-0.2, -0.15) is 0 Å². The van der Waals surface area contributed by atoms with Crippen LogP contribution in [0.4, 0.5) is 0 Å². The predicted octanol–water partition coefficient (Wildman–Crippen LogP) is 1.13. The number of nitroso groups, excluding NO2 is 1. The second-order valence-electron chi connectivity index (χ2n) is 3.53. The van der Waals surface area contributed by atoms with Crippen LogP contribution in [-0.4, -0.2) is 35.3 Å². The first kappa shape index (κ1) is 10.4. The quantitative estimate of drug-likeness (QED) is 0.772. The standard InChI is InChI=1S/C10H10N2O4/c13-10(14)7-2-1-3-8(4-7)16-9-5-12(6-9)11-15/h1-4,9H,5-6H2,(H,13,14). The first-order valence-corrected chi connectivity index (χ1v) is 4.77. The number of carbonyl (C=O) groups is 1. The lowest BCUT2D eigenvalue weighted by atomic mass is 10.2. The first-order chi connectivity index (χ1) is 7.69. The summed E-state index contributed by atoms with van der Waals surface area (Å²) in [5.41, 5.74) is 0.183. The molecule has 0 aromatic heterocycles. The Kier molecular flexibility index (Phi) is 2.72. The molecule has 1 aliphatic rings. The van der Waals surface area contributed by atoms with E-state index in [1.807, 2.05) is 0 Å². The molecule has 2 rings (SSSR count). The average Bonchev–Trinajstić information content (AvgIpc) is 2.23. The smallest absolute Gasteiger partial charge is 0.335 e. The van der Waals surface area contributed by atoms with Gasteiger partial charge in [0.15, 0.2) is 0 Å². The molecule has 1 aromatic rings. The summed E-state index contributed by atoms with van der Waals surface area (Å²) in [7, 11) is 0. The molecule has 0 atom stereocenters. The minimum absolute atomic E-state index is 0.0956. The lowest BCUT2D eigenvalue weighted by molar-refractivity contribution is 0.0204. The summed E-state index contributed by atoms with van der Waals surface area (Å²) in [5.74, 6) is -0.495. The van der Waals surface area contributed by atoms with E-state index in [4.69, 9.17) is 9.84 Å². The molecule has 0 unspecified atom stereocenters. The van der Waals surface area contributed by atoms with Crippen LogP contribution in [-0.2, 0) is 0 Å². The van der Waals surface area contributed by atoms with E-state index >= 15 is 0 Å². The third kappa shape index (κ3) is 2.10. The number of aromatic carboxylic acids is 1. The molecule has 0 spiro atoms. The molecule has 0 bridgehead atoms. The van der Waals surface area contributed by atoms with Crippen molar-refractivity contribution in [2.75, 3.05) is 13.1 Å². The van der Waals surface area contributed by atoms with E-state index in [0.717, 1.165) is 0 Å². The zero-order valence-corrected chi connectivity index (χ0v) is 8.37. The van der Waals surface area contributed by atoms with E-state index in [1.54, 1.807) is 12.1 Å². The third-order valence-corrected chi connectivity index (χ3v) is 2.33.